The van der Waals surface area contributed by atoms with Gasteiger partial charge in [-0.3, -0.25) is 14.6 Å². The largest absolute Gasteiger partial charge is 0.508 e. The molecule has 1 amide bonds. The summed E-state index contributed by atoms with van der Waals surface area (Å²) >= 11 is 0. The summed E-state index contributed by atoms with van der Waals surface area (Å²) in [4.78, 5) is 19.6. The molecule has 0 aliphatic carbocycles. The third kappa shape index (κ3) is 6.20. The fraction of sp³-hybridized carbons (Fsp3) is 0.387. The minimum absolute atomic E-state index is 0.0402. The molecule has 0 bridgehead atoms. The van der Waals surface area contributed by atoms with Crippen molar-refractivity contribution in [3.8, 4) is 5.75 Å². The number of halogens is 1. The Morgan fingerprint density at radius 1 is 0.946 bits per heavy atom. The first-order valence-corrected chi connectivity index (χ1v) is 13.2. The number of phenols is 1. The zero-order valence-corrected chi connectivity index (χ0v) is 22.3. The number of aromatic hydroxyl groups is 1. The Labute approximate surface area is 220 Å². The Hall–Kier alpha value is -3.22. The van der Waals surface area contributed by atoms with E-state index < -0.39 is 0 Å². The average molecular weight is 504 g/mol. The van der Waals surface area contributed by atoms with E-state index in [0.717, 1.165) is 29.8 Å². The van der Waals surface area contributed by atoms with Gasteiger partial charge in [0.25, 0.3) is 5.91 Å². The molecule has 3 atom stereocenters. The predicted molar refractivity (Wildman–Crippen MR) is 146 cm³/mol. The highest BCUT2D eigenvalue weighted by Crippen LogP contribution is 2.35. The minimum atomic E-state index is -0.205. The Bertz CT molecular complexity index is 1200. The second-order valence-electron chi connectivity index (χ2n) is 10.1. The molecule has 37 heavy (non-hydrogen) atoms. The van der Waals surface area contributed by atoms with Crippen LogP contribution in [0.2, 0.25) is 0 Å². The van der Waals surface area contributed by atoms with Crippen molar-refractivity contribution < 1.29 is 14.3 Å². The average Bonchev–Trinajstić information content (AvgIpc) is 2.88. The molecule has 1 heterocycles. The van der Waals surface area contributed by atoms with Gasteiger partial charge in [-0.2, -0.15) is 0 Å². The van der Waals surface area contributed by atoms with Crippen molar-refractivity contribution in [2.45, 2.75) is 52.4 Å². The van der Waals surface area contributed by atoms with Gasteiger partial charge in [0.15, 0.2) is 0 Å². The molecule has 196 valence electrons. The molecule has 1 fully saturated rings. The van der Waals surface area contributed by atoms with Crippen molar-refractivity contribution in [3.05, 3.63) is 101 Å². The number of piperazine rings is 1. The van der Waals surface area contributed by atoms with Crippen molar-refractivity contribution >= 4 is 5.91 Å². The molecule has 6 heteroatoms. The van der Waals surface area contributed by atoms with Gasteiger partial charge in [-0.25, -0.2) is 4.39 Å². The van der Waals surface area contributed by atoms with Gasteiger partial charge in [0.05, 0.1) is 6.04 Å². The molecule has 0 spiro atoms. The van der Waals surface area contributed by atoms with Gasteiger partial charge < -0.3 is 10.0 Å². The fourth-order valence-corrected chi connectivity index (χ4v) is 5.45. The smallest absolute Gasteiger partial charge is 0.253 e. The molecule has 3 aromatic carbocycles. The molecule has 1 saturated heterocycles. The zero-order valence-electron chi connectivity index (χ0n) is 22.3. The van der Waals surface area contributed by atoms with Gasteiger partial charge in [-0.1, -0.05) is 36.4 Å². The molecule has 5 nitrogen and oxygen atoms in total. The molecule has 0 radical (unpaired) electrons. The number of phenolic OH excluding ortho intramolecular Hbond substituents is 1. The number of nitrogens with zero attached hydrogens (tertiary/aromatic N) is 3. The molecule has 0 aromatic heterocycles. The van der Waals surface area contributed by atoms with Crippen LogP contribution >= 0.6 is 0 Å². The lowest BCUT2D eigenvalue weighted by Crippen LogP contribution is -2.56. The van der Waals surface area contributed by atoms with Crippen molar-refractivity contribution in [2.75, 3.05) is 26.2 Å². The topological polar surface area (TPSA) is 47.0 Å². The summed E-state index contributed by atoms with van der Waals surface area (Å²) in [6.45, 7) is 12.1. The number of amides is 1. The molecular weight excluding hydrogens is 465 g/mol. The maximum atomic E-state index is 13.8. The third-order valence-corrected chi connectivity index (χ3v) is 7.48. The van der Waals surface area contributed by atoms with Crippen molar-refractivity contribution in [1.82, 2.24) is 14.7 Å². The Balaban J connectivity index is 1.61. The number of hydrogen-bond donors (Lipinski definition) is 1. The summed E-state index contributed by atoms with van der Waals surface area (Å²) in [7, 11) is 0. The SMILES string of the molecule is CCN(CC)C(=O)c1ccc([C@H](c2cccc(O)c2)N2C[C@@H](C)N(Cc3cccc(F)c3)C[C@@H]2C)cc1. The Kier molecular flexibility index (Phi) is 8.62. The van der Waals surface area contributed by atoms with Gasteiger partial charge in [0, 0.05) is 50.4 Å². The van der Waals surface area contributed by atoms with E-state index in [1.54, 1.807) is 18.2 Å². The Morgan fingerprint density at radius 3 is 2.30 bits per heavy atom. The minimum Gasteiger partial charge on any atom is -0.508 e. The summed E-state index contributed by atoms with van der Waals surface area (Å²) in [5.41, 5.74) is 3.76. The van der Waals surface area contributed by atoms with E-state index in [-0.39, 0.29) is 35.6 Å². The van der Waals surface area contributed by atoms with E-state index in [2.05, 4.69) is 29.7 Å². The lowest BCUT2D eigenvalue weighted by atomic mass is 9.92. The lowest BCUT2D eigenvalue weighted by molar-refractivity contribution is 0.0194. The van der Waals surface area contributed by atoms with Gasteiger partial charge >= 0.3 is 0 Å². The maximum absolute atomic E-state index is 13.8. The van der Waals surface area contributed by atoms with Crippen LogP contribution in [0.25, 0.3) is 0 Å². The fourth-order valence-electron chi connectivity index (χ4n) is 5.45. The highest BCUT2D eigenvalue weighted by Gasteiger charge is 2.35. The van der Waals surface area contributed by atoms with Gasteiger partial charge in [0.1, 0.15) is 11.6 Å². The molecular formula is C31H38FN3O2. The summed E-state index contributed by atoms with van der Waals surface area (Å²) in [6, 6.07) is 22.6. The van der Waals surface area contributed by atoms with Crippen LogP contribution in [0.1, 0.15) is 60.8 Å². The van der Waals surface area contributed by atoms with Gasteiger partial charge in [0.2, 0.25) is 0 Å². The monoisotopic (exact) mass is 503 g/mol. The van der Waals surface area contributed by atoms with E-state index in [1.807, 2.05) is 61.2 Å². The number of rotatable bonds is 8. The number of carbonyl (C=O) groups is 1. The lowest BCUT2D eigenvalue weighted by Gasteiger charge is -2.47. The number of hydrogen-bond acceptors (Lipinski definition) is 4. The zero-order chi connectivity index (χ0) is 26.5. The third-order valence-electron chi connectivity index (χ3n) is 7.48. The predicted octanol–water partition coefficient (Wildman–Crippen LogP) is 5.70. The second-order valence-corrected chi connectivity index (χ2v) is 10.1. The van der Waals surface area contributed by atoms with Crippen LogP contribution in [-0.4, -0.2) is 64.0 Å². The van der Waals surface area contributed by atoms with Crippen molar-refractivity contribution in [1.29, 1.82) is 0 Å². The van der Waals surface area contributed by atoms with E-state index in [9.17, 15) is 14.3 Å². The molecule has 3 aromatic rings. The first-order chi connectivity index (χ1) is 17.8. The quantitative estimate of drug-likeness (QED) is 0.429. The summed E-state index contributed by atoms with van der Waals surface area (Å²) in [5.74, 6) is 0.0726. The highest BCUT2D eigenvalue weighted by atomic mass is 19.1. The maximum Gasteiger partial charge on any atom is 0.253 e. The van der Waals surface area contributed by atoms with Crippen LogP contribution in [0, 0.1) is 5.82 Å². The molecule has 0 unspecified atom stereocenters. The van der Waals surface area contributed by atoms with Crippen LogP contribution in [0.5, 0.6) is 5.75 Å². The van der Waals surface area contributed by atoms with Crippen molar-refractivity contribution in [3.63, 3.8) is 0 Å². The molecule has 1 aliphatic heterocycles. The summed E-state index contributed by atoms with van der Waals surface area (Å²) in [6.07, 6.45) is 0. The van der Waals surface area contributed by atoms with Gasteiger partial charge in [-0.15, -0.1) is 0 Å². The molecule has 4 rings (SSSR count). The van der Waals surface area contributed by atoms with Gasteiger partial charge in [-0.05, 0) is 80.8 Å². The number of carbonyl (C=O) groups excluding carboxylic acids is 1. The van der Waals surface area contributed by atoms with E-state index in [4.69, 9.17) is 0 Å². The first kappa shape index (κ1) is 26.8. The van der Waals surface area contributed by atoms with Crippen LogP contribution in [0.15, 0.2) is 72.8 Å². The Morgan fingerprint density at radius 2 is 1.65 bits per heavy atom. The standard InChI is InChI=1S/C31H38FN3O2/c1-5-33(6-2)31(37)26-15-13-25(14-16-26)30(27-10-8-12-29(36)18-27)35-20-22(3)34(19-23(35)4)21-24-9-7-11-28(32)17-24/h7-18,22-23,30,36H,5-6,19-21H2,1-4H3/t22-,23+,30-/m1/s1. The molecule has 1 aliphatic rings. The normalized spacial score (nSPS) is 19.5. The van der Waals surface area contributed by atoms with Crippen LogP contribution < -0.4 is 0 Å². The molecule has 0 saturated carbocycles. The second kappa shape index (κ2) is 11.9. The summed E-state index contributed by atoms with van der Waals surface area (Å²) in [5, 5.41) is 10.3. The van der Waals surface area contributed by atoms with Crippen LogP contribution in [0.3, 0.4) is 0 Å². The van der Waals surface area contributed by atoms with Crippen LogP contribution in [0.4, 0.5) is 4.39 Å². The van der Waals surface area contributed by atoms with E-state index >= 15 is 0 Å². The van der Waals surface area contributed by atoms with E-state index in [1.165, 1.54) is 6.07 Å². The number of benzene rings is 3. The van der Waals surface area contributed by atoms with E-state index in [0.29, 0.717) is 25.2 Å². The van der Waals surface area contributed by atoms with Crippen LogP contribution in [-0.2, 0) is 6.54 Å². The molecule has 1 N–H and O–H groups in total. The van der Waals surface area contributed by atoms with Crippen molar-refractivity contribution in [2.24, 2.45) is 0 Å². The summed E-state index contributed by atoms with van der Waals surface area (Å²) < 4.78 is 13.8. The first-order valence-electron chi connectivity index (χ1n) is 13.2. The highest BCUT2D eigenvalue weighted by molar-refractivity contribution is 5.94.